The van der Waals surface area contributed by atoms with E-state index in [1.807, 2.05) is 14.1 Å². The summed E-state index contributed by atoms with van der Waals surface area (Å²) in [6.45, 7) is 3.37. The van der Waals surface area contributed by atoms with Crippen LogP contribution in [-0.4, -0.2) is 42.3 Å². The van der Waals surface area contributed by atoms with Gasteiger partial charge in [-0.05, 0) is 13.8 Å². The number of nitrogens with one attached hydrogen (secondary N) is 1. The van der Waals surface area contributed by atoms with Gasteiger partial charge >= 0.3 is 0 Å². The first-order valence-corrected chi connectivity index (χ1v) is 7.73. The largest absolute Gasteiger partial charge is 0.347 e. The summed E-state index contributed by atoms with van der Waals surface area (Å²) >= 11 is 0. The van der Waals surface area contributed by atoms with Gasteiger partial charge in [-0.25, -0.2) is 18.4 Å². The van der Waals surface area contributed by atoms with Crippen molar-refractivity contribution in [2.24, 2.45) is 7.05 Å². The summed E-state index contributed by atoms with van der Waals surface area (Å²) < 4.78 is 28.9. The predicted octanol–water partition coefficient (Wildman–Crippen LogP) is 0.694. The standard InChI is InChI=1S/C12H18N6O2S/c1-8-11(9(2)18(5)15-8)21(19,20)16-10-6-13-12(14-7-10)17(3)4/h6-7,16H,1-5H3. The SMILES string of the molecule is Cc1nn(C)c(C)c1S(=O)(=O)Nc1cnc(N(C)C)nc1. The van der Waals surface area contributed by atoms with Gasteiger partial charge in [-0.1, -0.05) is 0 Å². The Bertz CT molecular complexity index is 749. The number of aryl methyl sites for hydroxylation is 2. The molecule has 0 fully saturated rings. The second kappa shape index (κ2) is 5.32. The van der Waals surface area contributed by atoms with Gasteiger partial charge in [0.05, 0.1) is 29.5 Å². The van der Waals surface area contributed by atoms with E-state index in [-0.39, 0.29) is 4.90 Å². The molecule has 2 heterocycles. The van der Waals surface area contributed by atoms with Crippen LogP contribution in [0.5, 0.6) is 0 Å². The highest BCUT2D eigenvalue weighted by molar-refractivity contribution is 7.92. The Balaban J connectivity index is 2.33. The van der Waals surface area contributed by atoms with Crippen LogP contribution in [0.15, 0.2) is 17.3 Å². The van der Waals surface area contributed by atoms with Crippen molar-refractivity contribution in [1.82, 2.24) is 19.7 Å². The third-order valence-corrected chi connectivity index (χ3v) is 4.63. The van der Waals surface area contributed by atoms with E-state index in [9.17, 15) is 8.42 Å². The lowest BCUT2D eigenvalue weighted by Crippen LogP contribution is -2.16. The number of sulfonamides is 1. The van der Waals surface area contributed by atoms with E-state index in [0.29, 0.717) is 23.0 Å². The average Bonchev–Trinajstić information content (AvgIpc) is 2.63. The summed E-state index contributed by atoms with van der Waals surface area (Å²) in [5, 5.41) is 4.12. The zero-order valence-corrected chi connectivity index (χ0v) is 13.4. The highest BCUT2D eigenvalue weighted by Crippen LogP contribution is 2.21. The van der Waals surface area contributed by atoms with Crippen LogP contribution in [-0.2, 0) is 17.1 Å². The maximum Gasteiger partial charge on any atom is 0.265 e. The van der Waals surface area contributed by atoms with Crippen LogP contribution in [0, 0.1) is 13.8 Å². The minimum atomic E-state index is -3.71. The third-order valence-electron chi connectivity index (χ3n) is 3.00. The molecule has 0 saturated heterocycles. The van der Waals surface area contributed by atoms with Crippen molar-refractivity contribution in [3.8, 4) is 0 Å². The van der Waals surface area contributed by atoms with E-state index in [2.05, 4.69) is 19.8 Å². The first-order valence-electron chi connectivity index (χ1n) is 6.25. The maximum absolute atomic E-state index is 12.4. The Kier molecular flexibility index (Phi) is 3.86. The van der Waals surface area contributed by atoms with Crippen LogP contribution in [0.25, 0.3) is 0 Å². The van der Waals surface area contributed by atoms with Crippen LogP contribution in [0.2, 0.25) is 0 Å². The Morgan fingerprint density at radius 2 is 1.76 bits per heavy atom. The summed E-state index contributed by atoms with van der Waals surface area (Å²) in [6, 6.07) is 0. The average molecular weight is 310 g/mol. The highest BCUT2D eigenvalue weighted by Gasteiger charge is 2.24. The van der Waals surface area contributed by atoms with Gasteiger partial charge in [0.2, 0.25) is 5.95 Å². The van der Waals surface area contributed by atoms with Gasteiger partial charge in [0.15, 0.2) is 0 Å². The molecule has 2 rings (SSSR count). The topological polar surface area (TPSA) is 93.0 Å². The quantitative estimate of drug-likeness (QED) is 0.893. The van der Waals surface area contributed by atoms with Gasteiger partial charge in [0, 0.05) is 21.1 Å². The molecule has 9 heteroatoms. The maximum atomic E-state index is 12.4. The molecule has 2 aromatic rings. The molecule has 0 saturated carbocycles. The monoisotopic (exact) mass is 310 g/mol. The van der Waals surface area contributed by atoms with E-state index >= 15 is 0 Å². The molecule has 0 aliphatic carbocycles. The van der Waals surface area contributed by atoms with Crippen molar-refractivity contribution >= 4 is 21.7 Å². The van der Waals surface area contributed by atoms with E-state index in [4.69, 9.17) is 0 Å². The third kappa shape index (κ3) is 2.97. The molecule has 0 radical (unpaired) electrons. The number of rotatable bonds is 4. The molecule has 0 aliphatic heterocycles. The molecular weight excluding hydrogens is 292 g/mol. The Labute approximate surface area is 123 Å². The number of nitrogens with zero attached hydrogens (tertiary/aromatic N) is 5. The van der Waals surface area contributed by atoms with Crippen molar-refractivity contribution < 1.29 is 8.42 Å². The lowest BCUT2D eigenvalue weighted by atomic mass is 10.4. The second-order valence-electron chi connectivity index (χ2n) is 4.90. The molecule has 0 atom stereocenters. The molecule has 0 aromatic carbocycles. The van der Waals surface area contributed by atoms with Gasteiger partial charge in [-0.3, -0.25) is 9.40 Å². The summed E-state index contributed by atoms with van der Waals surface area (Å²) in [5.41, 5.74) is 1.34. The first-order chi connectivity index (χ1) is 9.72. The fourth-order valence-corrected chi connectivity index (χ4v) is 3.42. The molecule has 0 amide bonds. The lowest BCUT2D eigenvalue weighted by molar-refractivity contribution is 0.599. The fraction of sp³-hybridized carbons (Fsp3) is 0.417. The zero-order chi connectivity index (χ0) is 15.8. The molecule has 1 N–H and O–H groups in total. The van der Waals surface area contributed by atoms with Crippen LogP contribution < -0.4 is 9.62 Å². The first kappa shape index (κ1) is 15.2. The Hall–Kier alpha value is -2.16. The van der Waals surface area contributed by atoms with Gasteiger partial charge in [-0.2, -0.15) is 5.10 Å². The van der Waals surface area contributed by atoms with Gasteiger partial charge < -0.3 is 4.90 Å². The minimum Gasteiger partial charge on any atom is -0.347 e. The van der Waals surface area contributed by atoms with E-state index in [1.54, 1.807) is 25.8 Å². The van der Waals surface area contributed by atoms with Crippen LogP contribution >= 0.6 is 0 Å². The van der Waals surface area contributed by atoms with Crippen molar-refractivity contribution in [3.05, 3.63) is 23.8 Å². The molecule has 8 nitrogen and oxygen atoms in total. The van der Waals surface area contributed by atoms with Gasteiger partial charge in [0.25, 0.3) is 10.0 Å². The van der Waals surface area contributed by atoms with Gasteiger partial charge in [-0.15, -0.1) is 0 Å². The Morgan fingerprint density at radius 3 is 2.19 bits per heavy atom. The van der Waals surface area contributed by atoms with Gasteiger partial charge in [0.1, 0.15) is 4.90 Å². The lowest BCUT2D eigenvalue weighted by Gasteiger charge is -2.11. The molecule has 114 valence electrons. The molecule has 0 aliphatic rings. The molecule has 0 bridgehead atoms. The summed E-state index contributed by atoms with van der Waals surface area (Å²) in [7, 11) is 1.60. The number of hydrogen-bond acceptors (Lipinski definition) is 6. The number of aromatic nitrogens is 4. The van der Waals surface area contributed by atoms with Crippen LogP contribution in [0.3, 0.4) is 0 Å². The zero-order valence-electron chi connectivity index (χ0n) is 12.6. The van der Waals surface area contributed by atoms with Crippen LogP contribution in [0.1, 0.15) is 11.4 Å². The molecule has 2 aromatic heterocycles. The number of anilines is 2. The van der Waals surface area contributed by atoms with Crippen LogP contribution in [0.4, 0.5) is 11.6 Å². The second-order valence-corrected chi connectivity index (χ2v) is 6.51. The highest BCUT2D eigenvalue weighted by atomic mass is 32.2. The Morgan fingerprint density at radius 1 is 1.19 bits per heavy atom. The molecule has 21 heavy (non-hydrogen) atoms. The van der Waals surface area contributed by atoms with E-state index < -0.39 is 10.0 Å². The van der Waals surface area contributed by atoms with E-state index in [0.717, 1.165) is 0 Å². The fourth-order valence-electron chi connectivity index (χ4n) is 1.95. The molecule has 0 unspecified atom stereocenters. The minimum absolute atomic E-state index is 0.182. The van der Waals surface area contributed by atoms with Crippen molar-refractivity contribution in [3.63, 3.8) is 0 Å². The number of hydrogen-bond donors (Lipinski definition) is 1. The summed E-state index contributed by atoms with van der Waals surface area (Å²) in [4.78, 5) is 10.1. The normalized spacial score (nSPS) is 11.5. The summed E-state index contributed by atoms with van der Waals surface area (Å²) in [5.74, 6) is 0.506. The van der Waals surface area contributed by atoms with Crippen molar-refractivity contribution in [2.45, 2.75) is 18.7 Å². The molecular formula is C12H18N6O2S. The van der Waals surface area contributed by atoms with E-state index in [1.165, 1.54) is 17.1 Å². The predicted molar refractivity (Wildman–Crippen MR) is 79.8 cm³/mol. The van der Waals surface area contributed by atoms with Crippen molar-refractivity contribution in [1.29, 1.82) is 0 Å². The molecule has 0 spiro atoms. The van der Waals surface area contributed by atoms with Crippen molar-refractivity contribution in [2.75, 3.05) is 23.7 Å². The smallest absolute Gasteiger partial charge is 0.265 e. The summed E-state index contributed by atoms with van der Waals surface area (Å²) in [6.07, 6.45) is 2.86.